The summed E-state index contributed by atoms with van der Waals surface area (Å²) in [7, 11) is -3.03. The van der Waals surface area contributed by atoms with E-state index in [1.54, 1.807) is 0 Å². The van der Waals surface area contributed by atoms with Crippen molar-refractivity contribution in [1.29, 1.82) is 0 Å². The van der Waals surface area contributed by atoms with Crippen molar-refractivity contribution >= 4 is 33.5 Å². The molecule has 5 rings (SSSR count). The summed E-state index contributed by atoms with van der Waals surface area (Å²) in [6.07, 6.45) is 6.00. The van der Waals surface area contributed by atoms with Gasteiger partial charge >= 0.3 is 0 Å². The lowest BCUT2D eigenvalue weighted by molar-refractivity contribution is -0.130. The summed E-state index contributed by atoms with van der Waals surface area (Å²) in [5, 5.41) is 9.69. The molecule has 1 aromatic heterocycles. The molecule has 2 saturated heterocycles. The Morgan fingerprint density at radius 3 is 2.42 bits per heavy atom. The third-order valence-corrected chi connectivity index (χ3v) is 9.37. The van der Waals surface area contributed by atoms with Crippen LogP contribution in [0.5, 0.6) is 0 Å². The lowest BCUT2D eigenvalue weighted by Gasteiger charge is -2.28. The quantitative estimate of drug-likeness (QED) is 0.553. The van der Waals surface area contributed by atoms with Gasteiger partial charge in [0.2, 0.25) is 11.9 Å². The molecule has 0 radical (unpaired) electrons. The zero-order valence-electron chi connectivity index (χ0n) is 19.0. The number of thioether (sulfide) groups is 1. The van der Waals surface area contributed by atoms with E-state index < -0.39 is 9.84 Å². The number of hydrogen-bond acceptors (Lipinski definition) is 7. The van der Waals surface area contributed by atoms with E-state index in [9.17, 15) is 13.2 Å². The Labute approximate surface area is 199 Å². The van der Waals surface area contributed by atoms with Crippen molar-refractivity contribution in [2.45, 2.75) is 62.7 Å². The van der Waals surface area contributed by atoms with Crippen molar-refractivity contribution in [3.8, 4) is 5.69 Å². The molecule has 8 nitrogen and oxygen atoms in total. The van der Waals surface area contributed by atoms with Crippen LogP contribution in [0, 0.1) is 6.92 Å². The molecule has 1 unspecified atom stereocenters. The molecule has 178 valence electrons. The first-order valence-corrected chi connectivity index (χ1v) is 14.6. The fourth-order valence-electron chi connectivity index (χ4n) is 4.83. The van der Waals surface area contributed by atoms with Gasteiger partial charge in [-0.3, -0.25) is 9.36 Å². The maximum absolute atomic E-state index is 13.2. The predicted molar refractivity (Wildman–Crippen MR) is 130 cm³/mol. The zero-order chi connectivity index (χ0) is 23.0. The minimum absolute atomic E-state index is 0.00239. The largest absolute Gasteiger partial charge is 0.341 e. The van der Waals surface area contributed by atoms with Gasteiger partial charge in [0.05, 0.1) is 22.9 Å². The predicted octanol–water partition coefficient (Wildman–Crippen LogP) is 2.84. The summed E-state index contributed by atoms with van der Waals surface area (Å²) in [6, 6.07) is 8.29. The number of anilines is 1. The monoisotopic (exact) mass is 489 g/mol. The number of hydrogen-bond donors (Lipinski definition) is 0. The molecule has 0 N–H and O–H groups in total. The van der Waals surface area contributed by atoms with Gasteiger partial charge in [-0.2, -0.15) is 0 Å². The smallest absolute Gasteiger partial charge is 0.233 e. The fraction of sp³-hybridized carbons (Fsp3) is 0.609. The van der Waals surface area contributed by atoms with Crippen LogP contribution in [0.25, 0.3) is 5.69 Å². The molecule has 2 aliphatic heterocycles. The highest BCUT2D eigenvalue weighted by atomic mass is 32.2. The number of aryl methyl sites for hydroxylation is 1. The Bertz CT molecular complexity index is 1110. The topological polar surface area (TPSA) is 88.4 Å². The second-order valence-electron chi connectivity index (χ2n) is 9.38. The summed E-state index contributed by atoms with van der Waals surface area (Å²) in [4.78, 5) is 17.4. The first-order valence-electron chi connectivity index (χ1n) is 11.8. The maximum Gasteiger partial charge on any atom is 0.233 e. The van der Waals surface area contributed by atoms with Crippen LogP contribution in [-0.2, 0) is 14.6 Å². The van der Waals surface area contributed by atoms with Crippen molar-refractivity contribution in [2.24, 2.45) is 0 Å². The van der Waals surface area contributed by atoms with Crippen LogP contribution in [0.4, 0.5) is 5.95 Å². The average molecular weight is 490 g/mol. The number of carbonyl (C=O) groups is 1. The van der Waals surface area contributed by atoms with Gasteiger partial charge in [-0.25, -0.2) is 8.42 Å². The first kappa shape index (κ1) is 22.7. The van der Waals surface area contributed by atoms with Crippen LogP contribution < -0.4 is 4.90 Å². The number of piperidine rings is 1. The molecule has 2 aromatic rings. The molecule has 33 heavy (non-hydrogen) atoms. The highest BCUT2D eigenvalue weighted by Gasteiger charge is 2.42. The lowest BCUT2D eigenvalue weighted by Crippen LogP contribution is -2.43. The summed E-state index contributed by atoms with van der Waals surface area (Å²) in [5.74, 6) is 1.34. The highest BCUT2D eigenvalue weighted by molar-refractivity contribution is 7.99. The molecule has 1 aromatic carbocycles. The number of aromatic nitrogens is 3. The van der Waals surface area contributed by atoms with Crippen LogP contribution in [0.3, 0.4) is 0 Å². The normalized spacial score (nSPS) is 22.5. The minimum atomic E-state index is -3.03. The van der Waals surface area contributed by atoms with Crippen molar-refractivity contribution in [3.05, 3.63) is 29.8 Å². The molecular formula is C23H31N5O3S2. The number of benzene rings is 1. The van der Waals surface area contributed by atoms with Crippen molar-refractivity contribution < 1.29 is 13.2 Å². The molecule has 3 heterocycles. The second kappa shape index (κ2) is 9.29. The minimum Gasteiger partial charge on any atom is -0.341 e. The zero-order valence-corrected chi connectivity index (χ0v) is 20.7. The molecule has 1 saturated carbocycles. The van der Waals surface area contributed by atoms with Gasteiger partial charge in [0.25, 0.3) is 0 Å². The average Bonchev–Trinajstić information content (AvgIpc) is 3.44. The number of sulfone groups is 1. The molecule has 1 amide bonds. The molecule has 3 fully saturated rings. The Balaban J connectivity index is 1.37. The van der Waals surface area contributed by atoms with Gasteiger partial charge in [0, 0.05) is 25.2 Å². The van der Waals surface area contributed by atoms with Crippen molar-refractivity contribution in [1.82, 2.24) is 19.7 Å². The van der Waals surface area contributed by atoms with Gasteiger partial charge in [-0.15, -0.1) is 10.2 Å². The van der Waals surface area contributed by atoms with Gasteiger partial charge in [-0.05, 0) is 57.6 Å². The van der Waals surface area contributed by atoms with Gasteiger partial charge in [0.15, 0.2) is 15.0 Å². The summed E-state index contributed by atoms with van der Waals surface area (Å²) in [5.41, 5.74) is 2.17. The molecule has 3 aliphatic rings. The summed E-state index contributed by atoms with van der Waals surface area (Å²) >= 11 is 1.39. The van der Waals surface area contributed by atoms with Crippen LogP contribution in [-0.4, -0.2) is 76.4 Å². The third-order valence-electron chi connectivity index (χ3n) is 6.70. The standard InChI is InChI=1S/C23H31N5O3S2/c1-17-5-7-19(8-6-17)28-22(26-12-3-2-4-13-26)24-25-23(28)32-15-21(29)27(18-9-10-18)20-11-14-33(30,31)16-20/h5-8,18,20H,2-4,9-16H2,1H3. The van der Waals surface area contributed by atoms with E-state index in [0.29, 0.717) is 11.6 Å². The Kier molecular flexibility index (Phi) is 6.39. The molecule has 1 atom stereocenters. The Hall–Kier alpha value is -2.07. The Morgan fingerprint density at radius 1 is 1.06 bits per heavy atom. The van der Waals surface area contributed by atoms with Crippen LogP contribution in [0.15, 0.2) is 29.4 Å². The fourth-order valence-corrected chi connectivity index (χ4v) is 7.36. The van der Waals surface area contributed by atoms with Crippen LogP contribution in [0.1, 0.15) is 44.1 Å². The summed E-state index contributed by atoms with van der Waals surface area (Å²) in [6.45, 7) is 3.98. The highest BCUT2D eigenvalue weighted by Crippen LogP contribution is 2.34. The summed E-state index contributed by atoms with van der Waals surface area (Å²) < 4.78 is 26.1. The third kappa shape index (κ3) is 5.06. The number of nitrogens with zero attached hydrogens (tertiary/aromatic N) is 5. The van der Waals surface area contributed by atoms with E-state index in [4.69, 9.17) is 0 Å². The van der Waals surface area contributed by atoms with Gasteiger partial charge in [0.1, 0.15) is 0 Å². The molecule has 0 bridgehead atoms. The molecular weight excluding hydrogens is 458 g/mol. The van der Waals surface area contributed by atoms with E-state index in [0.717, 1.165) is 50.4 Å². The molecule has 1 aliphatic carbocycles. The second-order valence-corrected chi connectivity index (χ2v) is 12.6. The van der Waals surface area contributed by atoms with Crippen molar-refractivity contribution in [3.63, 3.8) is 0 Å². The number of amides is 1. The van der Waals surface area contributed by atoms with E-state index in [-0.39, 0.29) is 35.2 Å². The lowest BCUT2D eigenvalue weighted by atomic mass is 10.1. The van der Waals surface area contributed by atoms with Crippen LogP contribution >= 0.6 is 11.8 Å². The molecule has 0 spiro atoms. The maximum atomic E-state index is 13.2. The van der Waals surface area contributed by atoms with E-state index in [2.05, 4.69) is 50.9 Å². The van der Waals surface area contributed by atoms with Crippen molar-refractivity contribution in [2.75, 3.05) is 35.2 Å². The number of rotatable bonds is 7. The van der Waals surface area contributed by atoms with Gasteiger partial charge in [-0.1, -0.05) is 29.5 Å². The van der Waals surface area contributed by atoms with Gasteiger partial charge < -0.3 is 9.80 Å². The van der Waals surface area contributed by atoms with Crippen LogP contribution in [0.2, 0.25) is 0 Å². The van der Waals surface area contributed by atoms with E-state index in [1.807, 2.05) is 4.90 Å². The Morgan fingerprint density at radius 2 is 1.79 bits per heavy atom. The van der Waals surface area contributed by atoms with E-state index >= 15 is 0 Å². The van der Waals surface area contributed by atoms with E-state index in [1.165, 1.54) is 23.7 Å². The molecule has 10 heteroatoms. The number of carbonyl (C=O) groups excluding carboxylic acids is 1. The SMILES string of the molecule is Cc1ccc(-n2c(SCC(=O)N(C3CC3)C3CCS(=O)(=O)C3)nnc2N2CCCCC2)cc1. The first-order chi connectivity index (χ1) is 15.9.